The van der Waals surface area contributed by atoms with E-state index in [1.165, 1.54) is 0 Å². The first-order valence-electron chi connectivity index (χ1n) is 9.58. The van der Waals surface area contributed by atoms with Gasteiger partial charge >= 0.3 is 0 Å². The molecule has 28 heavy (non-hydrogen) atoms. The van der Waals surface area contributed by atoms with Gasteiger partial charge in [0.15, 0.2) is 0 Å². The number of aromatic nitrogens is 2. The maximum Gasteiger partial charge on any atom is 0.270 e. The summed E-state index contributed by atoms with van der Waals surface area (Å²) in [5.41, 5.74) is 10.9. The Hall–Kier alpha value is -2.76. The molecule has 1 saturated heterocycles. The molecule has 0 spiro atoms. The molecule has 0 radical (unpaired) electrons. The molecule has 1 amide bonds. The van der Waals surface area contributed by atoms with E-state index >= 15 is 0 Å². The lowest BCUT2D eigenvalue weighted by Gasteiger charge is -2.33. The summed E-state index contributed by atoms with van der Waals surface area (Å²) in [4.78, 5) is 17.3. The van der Waals surface area contributed by atoms with E-state index in [-0.39, 0.29) is 18.0 Å². The number of nitriles is 1. The molecule has 4 atom stereocenters. The second-order valence-corrected chi connectivity index (χ2v) is 7.76. The maximum absolute atomic E-state index is 12.9. The maximum atomic E-state index is 12.9. The minimum absolute atomic E-state index is 0.0789. The third kappa shape index (κ3) is 3.17. The smallest absolute Gasteiger partial charge is 0.270 e. The van der Waals surface area contributed by atoms with Gasteiger partial charge in [-0.25, -0.2) is 10.4 Å². The number of hydrogen-bond donors (Lipinski definition) is 3. The van der Waals surface area contributed by atoms with Crippen LogP contribution in [0, 0.1) is 38.0 Å². The van der Waals surface area contributed by atoms with Crippen LogP contribution in [0.25, 0.3) is 0 Å². The Morgan fingerprint density at radius 2 is 2.11 bits per heavy atom. The molecule has 0 aromatic carbocycles. The van der Waals surface area contributed by atoms with Gasteiger partial charge in [-0.15, -0.1) is 0 Å². The molecule has 2 aromatic heterocycles. The minimum Gasteiger partial charge on any atom is -0.364 e. The van der Waals surface area contributed by atoms with Crippen LogP contribution in [0.4, 0.5) is 0 Å². The first kappa shape index (κ1) is 18.6. The highest BCUT2D eigenvalue weighted by atomic mass is 16.5. The number of carbonyl (C=O) groups is 1. The summed E-state index contributed by atoms with van der Waals surface area (Å²) < 4.78 is 4.99. The largest absolute Gasteiger partial charge is 0.364 e. The van der Waals surface area contributed by atoms with Crippen molar-refractivity contribution in [3.8, 4) is 6.07 Å². The van der Waals surface area contributed by atoms with Crippen molar-refractivity contribution in [2.45, 2.75) is 58.2 Å². The summed E-state index contributed by atoms with van der Waals surface area (Å²) in [5, 5.41) is 16.3. The molecular weight excluding hydrogens is 356 g/mol. The van der Waals surface area contributed by atoms with Gasteiger partial charge in [0.2, 0.25) is 0 Å². The number of rotatable bonds is 3. The zero-order chi connectivity index (χ0) is 19.8. The van der Waals surface area contributed by atoms with Gasteiger partial charge in [0, 0.05) is 17.6 Å². The number of carbonyl (C=O) groups excluding carboxylic acids is 1. The predicted octanol–water partition coefficient (Wildman–Crippen LogP) is 1.98. The third-order valence-corrected chi connectivity index (χ3v) is 6.16. The van der Waals surface area contributed by atoms with Crippen LogP contribution in [0.15, 0.2) is 17.0 Å². The number of amides is 1. The number of hydrogen-bond acceptors (Lipinski definition) is 7. The molecule has 4 rings (SSSR count). The average Bonchev–Trinajstić information content (AvgIpc) is 3.34. The summed E-state index contributed by atoms with van der Waals surface area (Å²) in [6, 6.07) is 2.74. The Balaban J connectivity index is 1.49. The quantitative estimate of drug-likeness (QED) is 0.745. The molecule has 146 valence electrons. The van der Waals surface area contributed by atoms with Gasteiger partial charge < -0.3 is 9.84 Å². The van der Waals surface area contributed by atoms with Crippen molar-refractivity contribution < 1.29 is 9.32 Å². The second kappa shape index (κ2) is 7.34. The number of nitrogens with one attached hydrogen (secondary N) is 3. The van der Waals surface area contributed by atoms with Crippen molar-refractivity contribution in [1.82, 2.24) is 26.3 Å². The minimum atomic E-state index is -0.169. The Bertz CT molecular complexity index is 933. The Kier molecular flexibility index (Phi) is 4.87. The summed E-state index contributed by atoms with van der Waals surface area (Å²) in [7, 11) is 0. The summed E-state index contributed by atoms with van der Waals surface area (Å²) in [5.74, 6) is 0.175. The molecule has 8 heteroatoms. The average molecular weight is 380 g/mol. The highest BCUT2D eigenvalue weighted by Gasteiger charge is 2.42. The molecule has 4 unspecified atom stereocenters. The fourth-order valence-electron chi connectivity index (χ4n) is 4.47. The lowest BCUT2D eigenvalue weighted by Crippen LogP contribution is -2.44. The van der Waals surface area contributed by atoms with E-state index in [9.17, 15) is 10.1 Å². The van der Waals surface area contributed by atoms with Crippen LogP contribution < -0.4 is 16.2 Å². The Morgan fingerprint density at radius 1 is 1.29 bits per heavy atom. The Morgan fingerprint density at radius 3 is 2.82 bits per heavy atom. The SMILES string of the molecule is Cc1nc(C(=O)NC2CCC3NNC(c4cnoc4)C3C2)c(C)c(C)c1C#N. The number of fused-ring (bicyclic) bond motifs is 1. The topological polar surface area (TPSA) is 116 Å². The highest BCUT2D eigenvalue weighted by Crippen LogP contribution is 2.38. The van der Waals surface area contributed by atoms with Gasteiger partial charge in [0.05, 0.1) is 23.5 Å². The van der Waals surface area contributed by atoms with Crippen molar-refractivity contribution in [1.29, 1.82) is 5.26 Å². The van der Waals surface area contributed by atoms with E-state index in [0.717, 1.165) is 36.0 Å². The van der Waals surface area contributed by atoms with Crippen LogP contribution in [0.3, 0.4) is 0 Å². The predicted molar refractivity (Wildman–Crippen MR) is 101 cm³/mol. The first-order chi connectivity index (χ1) is 13.5. The Labute approximate surface area is 163 Å². The van der Waals surface area contributed by atoms with Crippen molar-refractivity contribution in [2.75, 3.05) is 0 Å². The molecule has 1 aliphatic heterocycles. The molecular formula is C20H24N6O2. The monoisotopic (exact) mass is 380 g/mol. The standard InChI is InChI=1S/C20H24N6O2/c1-10-11(2)18(23-12(3)16(10)7-21)20(27)24-14-4-5-17-15(6-14)19(26-25-17)13-8-22-28-9-13/h8-9,14-15,17,19,25-26H,4-6H2,1-3H3,(H,24,27). The highest BCUT2D eigenvalue weighted by molar-refractivity contribution is 5.94. The molecule has 8 nitrogen and oxygen atoms in total. The number of hydrazine groups is 1. The van der Waals surface area contributed by atoms with E-state index in [0.29, 0.717) is 28.9 Å². The number of aryl methyl sites for hydroxylation is 1. The van der Waals surface area contributed by atoms with Gasteiger partial charge in [-0.1, -0.05) is 5.16 Å². The van der Waals surface area contributed by atoms with Crippen LogP contribution in [0.5, 0.6) is 0 Å². The van der Waals surface area contributed by atoms with Gasteiger partial charge in [-0.3, -0.25) is 10.2 Å². The van der Waals surface area contributed by atoms with Gasteiger partial charge in [0.1, 0.15) is 18.0 Å². The zero-order valence-corrected chi connectivity index (χ0v) is 16.2. The molecule has 1 saturated carbocycles. The van der Waals surface area contributed by atoms with Crippen molar-refractivity contribution >= 4 is 5.91 Å². The summed E-state index contributed by atoms with van der Waals surface area (Å²) >= 11 is 0. The fraction of sp³-hybridized carbons (Fsp3) is 0.500. The third-order valence-electron chi connectivity index (χ3n) is 6.16. The van der Waals surface area contributed by atoms with Crippen LogP contribution in [-0.4, -0.2) is 28.1 Å². The molecule has 2 aliphatic rings. The molecule has 2 aromatic rings. The van der Waals surface area contributed by atoms with Crippen LogP contribution in [0.1, 0.15) is 63.7 Å². The molecule has 3 N–H and O–H groups in total. The molecule has 2 fully saturated rings. The van der Waals surface area contributed by atoms with E-state index in [1.54, 1.807) is 19.4 Å². The van der Waals surface area contributed by atoms with Crippen molar-refractivity contribution in [3.63, 3.8) is 0 Å². The number of pyridine rings is 1. The molecule has 1 aliphatic carbocycles. The summed E-state index contributed by atoms with van der Waals surface area (Å²) in [6.45, 7) is 5.48. The van der Waals surface area contributed by atoms with Gasteiger partial charge in [-0.05, 0) is 57.1 Å². The van der Waals surface area contributed by atoms with Gasteiger partial charge in [0.25, 0.3) is 5.91 Å². The first-order valence-corrected chi connectivity index (χ1v) is 9.58. The van der Waals surface area contributed by atoms with Gasteiger partial charge in [-0.2, -0.15) is 5.26 Å². The van der Waals surface area contributed by atoms with E-state index in [4.69, 9.17) is 4.52 Å². The normalized spacial score (nSPS) is 26.5. The molecule has 0 bridgehead atoms. The zero-order valence-electron chi connectivity index (χ0n) is 16.2. The number of nitrogens with zero attached hydrogens (tertiary/aromatic N) is 3. The van der Waals surface area contributed by atoms with Crippen molar-refractivity contribution in [3.05, 3.63) is 46.1 Å². The van der Waals surface area contributed by atoms with Crippen LogP contribution in [-0.2, 0) is 0 Å². The summed E-state index contributed by atoms with van der Waals surface area (Å²) in [6.07, 6.45) is 6.14. The van der Waals surface area contributed by atoms with Crippen LogP contribution in [0.2, 0.25) is 0 Å². The molecule has 3 heterocycles. The van der Waals surface area contributed by atoms with Crippen LogP contribution >= 0.6 is 0 Å². The van der Waals surface area contributed by atoms with Crippen molar-refractivity contribution in [2.24, 2.45) is 5.92 Å². The van der Waals surface area contributed by atoms with E-state index in [1.807, 2.05) is 13.8 Å². The lowest BCUT2D eigenvalue weighted by molar-refractivity contribution is 0.0909. The van der Waals surface area contributed by atoms with E-state index < -0.39 is 0 Å². The fourth-order valence-corrected chi connectivity index (χ4v) is 4.47. The lowest BCUT2D eigenvalue weighted by atomic mass is 9.78. The van der Waals surface area contributed by atoms with E-state index in [2.05, 4.69) is 32.4 Å². The second-order valence-electron chi connectivity index (χ2n) is 7.76.